The van der Waals surface area contributed by atoms with Crippen LogP contribution in [0.3, 0.4) is 0 Å². The SMILES string of the molecule is Fc1ccc(CCl)c(I)c1Br. The van der Waals surface area contributed by atoms with Gasteiger partial charge < -0.3 is 0 Å². The smallest absolute Gasteiger partial charge is 0.138 e. The maximum atomic E-state index is 12.8. The van der Waals surface area contributed by atoms with Crippen molar-refractivity contribution in [3.63, 3.8) is 0 Å². The monoisotopic (exact) mass is 348 g/mol. The lowest BCUT2D eigenvalue weighted by atomic mass is 10.2. The van der Waals surface area contributed by atoms with Gasteiger partial charge in [-0.1, -0.05) is 6.07 Å². The first kappa shape index (κ1) is 9.74. The van der Waals surface area contributed by atoms with Crippen LogP contribution in [0.5, 0.6) is 0 Å². The van der Waals surface area contributed by atoms with E-state index in [4.69, 9.17) is 11.6 Å². The average molecular weight is 349 g/mol. The maximum Gasteiger partial charge on any atom is 0.138 e. The van der Waals surface area contributed by atoms with E-state index in [-0.39, 0.29) is 5.82 Å². The fourth-order valence-electron chi connectivity index (χ4n) is 0.669. The minimum absolute atomic E-state index is 0.247. The average Bonchev–Trinajstić information content (AvgIpc) is 2.01. The minimum atomic E-state index is -0.247. The second-order valence-corrected chi connectivity index (χ2v) is 4.11. The molecule has 0 aliphatic carbocycles. The molecule has 0 unspecified atom stereocenters. The van der Waals surface area contributed by atoms with Crippen LogP contribution in [0.25, 0.3) is 0 Å². The molecule has 0 aromatic heterocycles. The van der Waals surface area contributed by atoms with Gasteiger partial charge in [0.1, 0.15) is 5.82 Å². The van der Waals surface area contributed by atoms with Gasteiger partial charge in [-0.2, -0.15) is 0 Å². The van der Waals surface area contributed by atoms with Gasteiger partial charge >= 0.3 is 0 Å². The first-order valence-corrected chi connectivity index (χ1v) is 5.25. The lowest BCUT2D eigenvalue weighted by Crippen LogP contribution is -1.88. The Bertz CT molecular complexity index is 277. The van der Waals surface area contributed by atoms with Gasteiger partial charge in [-0.3, -0.25) is 0 Å². The molecule has 0 N–H and O–H groups in total. The number of alkyl halides is 1. The second kappa shape index (κ2) is 4.05. The molecule has 0 aliphatic rings. The lowest BCUT2D eigenvalue weighted by Gasteiger charge is -2.02. The van der Waals surface area contributed by atoms with Crippen molar-refractivity contribution in [2.75, 3.05) is 0 Å². The molecule has 1 rings (SSSR count). The van der Waals surface area contributed by atoms with Crippen LogP contribution in [0, 0.1) is 9.39 Å². The number of rotatable bonds is 1. The molecular weight excluding hydrogens is 345 g/mol. The molecule has 0 fully saturated rings. The zero-order chi connectivity index (χ0) is 8.43. The predicted molar refractivity (Wildman–Crippen MR) is 56.4 cm³/mol. The van der Waals surface area contributed by atoms with E-state index in [1.165, 1.54) is 6.07 Å². The minimum Gasteiger partial charge on any atom is -0.206 e. The van der Waals surface area contributed by atoms with Gasteiger partial charge in [0, 0.05) is 9.45 Å². The van der Waals surface area contributed by atoms with Crippen LogP contribution in [0.2, 0.25) is 0 Å². The molecule has 4 heteroatoms. The van der Waals surface area contributed by atoms with E-state index >= 15 is 0 Å². The Morgan fingerprint density at radius 1 is 1.55 bits per heavy atom. The highest BCUT2D eigenvalue weighted by Gasteiger charge is 2.06. The number of benzene rings is 1. The van der Waals surface area contributed by atoms with Crippen LogP contribution in [0.15, 0.2) is 16.6 Å². The highest BCUT2D eigenvalue weighted by Crippen LogP contribution is 2.26. The highest BCUT2D eigenvalue weighted by atomic mass is 127. The summed E-state index contributed by atoms with van der Waals surface area (Å²) >= 11 is 10.8. The van der Waals surface area contributed by atoms with Gasteiger partial charge in [0.25, 0.3) is 0 Å². The van der Waals surface area contributed by atoms with Crippen molar-refractivity contribution in [1.82, 2.24) is 0 Å². The lowest BCUT2D eigenvalue weighted by molar-refractivity contribution is 0.619. The van der Waals surface area contributed by atoms with E-state index in [0.717, 1.165) is 9.13 Å². The Balaban J connectivity index is 3.25. The Kier molecular flexibility index (Phi) is 3.58. The van der Waals surface area contributed by atoms with Gasteiger partial charge in [0.2, 0.25) is 0 Å². The van der Waals surface area contributed by atoms with Gasteiger partial charge in [-0.15, -0.1) is 11.6 Å². The molecule has 0 spiro atoms. The summed E-state index contributed by atoms with van der Waals surface area (Å²) < 4.78 is 14.1. The van der Waals surface area contributed by atoms with Gasteiger partial charge in [0.15, 0.2) is 0 Å². The molecule has 0 bridgehead atoms. The number of halogens is 4. The van der Waals surface area contributed by atoms with Gasteiger partial charge in [-0.25, -0.2) is 4.39 Å². The molecule has 0 heterocycles. The first-order valence-electron chi connectivity index (χ1n) is 2.85. The highest BCUT2D eigenvalue weighted by molar-refractivity contribution is 14.1. The van der Waals surface area contributed by atoms with Crippen LogP contribution in [-0.2, 0) is 5.88 Å². The number of hydrogen-bond donors (Lipinski definition) is 0. The molecule has 0 radical (unpaired) electrons. The van der Waals surface area contributed by atoms with Crippen LogP contribution < -0.4 is 0 Å². The van der Waals surface area contributed by atoms with Gasteiger partial charge in [-0.05, 0) is 50.2 Å². The molecule has 0 amide bonds. The topological polar surface area (TPSA) is 0 Å². The molecule has 0 aliphatic heterocycles. The Labute approximate surface area is 91.4 Å². The van der Waals surface area contributed by atoms with Crippen molar-refractivity contribution in [2.24, 2.45) is 0 Å². The van der Waals surface area contributed by atoms with E-state index in [2.05, 4.69) is 38.5 Å². The molecule has 0 nitrogen and oxygen atoms in total. The summed E-state index contributed by atoms with van der Waals surface area (Å²) in [5.74, 6) is 0.167. The van der Waals surface area contributed by atoms with E-state index < -0.39 is 0 Å². The van der Waals surface area contributed by atoms with E-state index in [1.807, 2.05) is 0 Å². The summed E-state index contributed by atoms with van der Waals surface area (Å²) in [6.45, 7) is 0. The largest absolute Gasteiger partial charge is 0.206 e. The summed E-state index contributed by atoms with van der Waals surface area (Å²) in [6.07, 6.45) is 0. The van der Waals surface area contributed by atoms with Crippen molar-refractivity contribution in [1.29, 1.82) is 0 Å². The zero-order valence-corrected chi connectivity index (χ0v) is 9.87. The number of hydrogen-bond acceptors (Lipinski definition) is 0. The van der Waals surface area contributed by atoms with E-state index in [0.29, 0.717) is 10.4 Å². The fraction of sp³-hybridized carbons (Fsp3) is 0.143. The maximum absolute atomic E-state index is 12.8. The summed E-state index contributed by atoms with van der Waals surface area (Å²) in [5.41, 5.74) is 0.945. The summed E-state index contributed by atoms with van der Waals surface area (Å²) in [4.78, 5) is 0. The van der Waals surface area contributed by atoms with Crippen LogP contribution in [0.4, 0.5) is 4.39 Å². The van der Waals surface area contributed by atoms with Crippen molar-refractivity contribution in [3.05, 3.63) is 31.6 Å². The molecule has 1 aromatic carbocycles. The third-order valence-electron chi connectivity index (χ3n) is 1.26. The van der Waals surface area contributed by atoms with Crippen molar-refractivity contribution in [3.8, 4) is 0 Å². The van der Waals surface area contributed by atoms with Gasteiger partial charge in [0.05, 0.1) is 4.47 Å². The molecule has 1 aromatic rings. The molecule has 11 heavy (non-hydrogen) atoms. The van der Waals surface area contributed by atoms with E-state index in [9.17, 15) is 4.39 Å². The van der Waals surface area contributed by atoms with Crippen LogP contribution >= 0.6 is 50.1 Å². The zero-order valence-electron chi connectivity index (χ0n) is 5.37. The summed E-state index contributed by atoms with van der Waals surface area (Å²) in [5, 5.41) is 0. The molecule has 0 saturated carbocycles. The Hall–Kier alpha value is 0.650. The van der Waals surface area contributed by atoms with Crippen LogP contribution in [0.1, 0.15) is 5.56 Å². The predicted octanol–water partition coefficient (Wildman–Crippen LogP) is 3.93. The van der Waals surface area contributed by atoms with Crippen molar-refractivity contribution in [2.45, 2.75) is 5.88 Å². The van der Waals surface area contributed by atoms with Crippen LogP contribution in [-0.4, -0.2) is 0 Å². The molecular formula is C7H4BrClFI. The van der Waals surface area contributed by atoms with Crippen molar-refractivity contribution < 1.29 is 4.39 Å². The van der Waals surface area contributed by atoms with Crippen molar-refractivity contribution >= 4 is 50.1 Å². The third kappa shape index (κ3) is 2.06. The fourth-order valence-corrected chi connectivity index (χ4v) is 2.13. The molecule has 60 valence electrons. The molecule has 0 atom stereocenters. The normalized spacial score (nSPS) is 10.2. The molecule has 0 saturated heterocycles. The van der Waals surface area contributed by atoms with E-state index in [1.54, 1.807) is 6.07 Å². The second-order valence-electron chi connectivity index (χ2n) is 1.97. The summed E-state index contributed by atoms with van der Waals surface area (Å²) in [6, 6.07) is 3.10. The quantitative estimate of drug-likeness (QED) is 0.409. The first-order chi connectivity index (χ1) is 5.16. The third-order valence-corrected chi connectivity index (χ3v) is 4.30. The standard InChI is InChI=1S/C7H4BrClFI/c8-6-5(10)2-1-4(3-9)7(6)11/h1-2H,3H2. The Morgan fingerprint density at radius 2 is 2.18 bits per heavy atom. The Morgan fingerprint density at radius 3 is 2.73 bits per heavy atom. The summed E-state index contributed by atoms with van der Waals surface area (Å²) in [7, 11) is 0.